The molecule has 1 aliphatic rings. The van der Waals surface area contributed by atoms with Gasteiger partial charge in [-0.1, -0.05) is 0 Å². The Hall–Kier alpha value is -1.26. The first-order chi connectivity index (χ1) is 3.80. The number of carbonyl (C=O) groups is 1. The van der Waals surface area contributed by atoms with Crippen LogP contribution in [0.4, 0.5) is 0 Å². The van der Waals surface area contributed by atoms with Gasteiger partial charge >= 0.3 is 5.97 Å². The van der Waals surface area contributed by atoms with Crippen molar-refractivity contribution in [1.29, 1.82) is 0 Å². The largest absolute Gasteiger partial charge is 0.475 e. The molecule has 0 atom stereocenters. The van der Waals surface area contributed by atoms with Gasteiger partial charge in [-0.05, 0) is 0 Å². The van der Waals surface area contributed by atoms with E-state index in [1.54, 1.807) is 0 Å². The van der Waals surface area contributed by atoms with E-state index in [1.165, 1.54) is 0 Å². The van der Waals surface area contributed by atoms with Crippen molar-refractivity contribution >= 4 is 11.8 Å². The summed E-state index contributed by atoms with van der Waals surface area (Å²) >= 11 is 0. The van der Waals surface area contributed by atoms with Crippen molar-refractivity contribution in [2.75, 3.05) is 6.67 Å². The molecule has 0 fully saturated rings. The van der Waals surface area contributed by atoms with E-state index in [1.807, 2.05) is 0 Å². The lowest BCUT2D eigenvalue weighted by Gasteiger charge is -1.78. The summed E-state index contributed by atoms with van der Waals surface area (Å²) in [5.74, 6) is -1.32. The molecular formula is C3H3N3O2. The molecule has 5 nitrogen and oxygen atoms in total. The maximum Gasteiger partial charge on any atom is 0.375 e. The highest BCUT2D eigenvalue weighted by atomic mass is 16.4. The van der Waals surface area contributed by atoms with Crippen LogP contribution >= 0.6 is 0 Å². The van der Waals surface area contributed by atoms with Crippen molar-refractivity contribution in [3.8, 4) is 0 Å². The third-order valence-corrected chi connectivity index (χ3v) is 0.640. The van der Waals surface area contributed by atoms with Gasteiger partial charge in [0.05, 0.1) is 0 Å². The lowest BCUT2D eigenvalue weighted by atomic mass is 10.6. The van der Waals surface area contributed by atoms with Crippen molar-refractivity contribution < 1.29 is 9.90 Å². The summed E-state index contributed by atoms with van der Waals surface area (Å²) in [6.07, 6.45) is 0. The zero-order valence-corrected chi connectivity index (χ0v) is 3.90. The van der Waals surface area contributed by atoms with E-state index < -0.39 is 5.97 Å². The van der Waals surface area contributed by atoms with Crippen LogP contribution in [0.2, 0.25) is 0 Å². The second-order valence-electron chi connectivity index (χ2n) is 1.17. The average molecular weight is 113 g/mol. The predicted octanol–water partition coefficient (Wildman–Crippen LogP) is -0.107. The molecular weight excluding hydrogens is 110 g/mol. The smallest absolute Gasteiger partial charge is 0.375 e. The molecule has 0 spiro atoms. The number of azo groups is 1. The van der Waals surface area contributed by atoms with Gasteiger partial charge < -0.3 is 5.11 Å². The molecule has 0 bridgehead atoms. The second kappa shape index (κ2) is 1.69. The van der Waals surface area contributed by atoms with Crippen LogP contribution in [0.3, 0.4) is 0 Å². The quantitative estimate of drug-likeness (QED) is 0.515. The van der Waals surface area contributed by atoms with Gasteiger partial charge in [0.15, 0.2) is 6.67 Å². The Bertz CT molecular complexity index is 171. The van der Waals surface area contributed by atoms with Crippen LogP contribution in [0.15, 0.2) is 15.2 Å². The highest BCUT2D eigenvalue weighted by Gasteiger charge is 2.09. The van der Waals surface area contributed by atoms with Crippen LogP contribution in [-0.2, 0) is 4.79 Å². The summed E-state index contributed by atoms with van der Waals surface area (Å²) in [4.78, 5) is 13.3. The third kappa shape index (κ3) is 0.699. The summed E-state index contributed by atoms with van der Waals surface area (Å²) < 4.78 is 0. The number of aliphatic imine (C=N–C) groups is 1. The van der Waals surface area contributed by atoms with Crippen molar-refractivity contribution in [3.05, 3.63) is 0 Å². The first-order valence-corrected chi connectivity index (χ1v) is 1.96. The van der Waals surface area contributed by atoms with E-state index in [0.717, 1.165) is 0 Å². The average Bonchev–Trinajstić information content (AvgIpc) is 2.12. The van der Waals surface area contributed by atoms with Gasteiger partial charge in [-0.15, -0.1) is 5.11 Å². The van der Waals surface area contributed by atoms with Gasteiger partial charge in [-0.25, -0.2) is 9.79 Å². The number of hydrogen-bond donors (Lipinski definition) is 1. The van der Waals surface area contributed by atoms with E-state index in [0.29, 0.717) is 0 Å². The summed E-state index contributed by atoms with van der Waals surface area (Å²) in [6.45, 7) is 0.154. The molecule has 8 heavy (non-hydrogen) atoms. The molecule has 0 aromatic carbocycles. The number of rotatable bonds is 1. The molecule has 0 aromatic heterocycles. The van der Waals surface area contributed by atoms with Crippen LogP contribution in [0.5, 0.6) is 0 Å². The van der Waals surface area contributed by atoms with Crippen LogP contribution in [0.1, 0.15) is 0 Å². The van der Waals surface area contributed by atoms with Crippen molar-refractivity contribution in [3.63, 3.8) is 0 Å². The van der Waals surface area contributed by atoms with Crippen molar-refractivity contribution in [2.45, 2.75) is 0 Å². The van der Waals surface area contributed by atoms with Crippen LogP contribution in [-0.4, -0.2) is 23.6 Å². The van der Waals surface area contributed by atoms with Crippen LogP contribution < -0.4 is 0 Å². The molecule has 0 amide bonds. The van der Waals surface area contributed by atoms with Gasteiger partial charge in [0.25, 0.3) is 5.84 Å². The molecule has 0 aliphatic carbocycles. The molecule has 0 radical (unpaired) electrons. The Kier molecular flexibility index (Phi) is 1.03. The van der Waals surface area contributed by atoms with E-state index >= 15 is 0 Å². The molecule has 0 saturated heterocycles. The minimum atomic E-state index is -1.12. The topological polar surface area (TPSA) is 74.4 Å². The molecule has 5 heteroatoms. The van der Waals surface area contributed by atoms with E-state index in [4.69, 9.17) is 5.11 Å². The minimum Gasteiger partial charge on any atom is -0.475 e. The van der Waals surface area contributed by atoms with Gasteiger partial charge in [-0.2, -0.15) is 5.11 Å². The highest BCUT2D eigenvalue weighted by molar-refractivity contribution is 6.35. The Morgan fingerprint density at radius 3 is 2.75 bits per heavy atom. The molecule has 1 rings (SSSR count). The van der Waals surface area contributed by atoms with E-state index in [-0.39, 0.29) is 12.5 Å². The zero-order chi connectivity index (χ0) is 5.98. The fourth-order valence-electron chi connectivity index (χ4n) is 0.339. The van der Waals surface area contributed by atoms with Crippen molar-refractivity contribution in [1.82, 2.24) is 0 Å². The Labute approximate surface area is 44.8 Å². The van der Waals surface area contributed by atoms with E-state index in [9.17, 15) is 4.79 Å². The molecule has 0 unspecified atom stereocenters. The third-order valence-electron chi connectivity index (χ3n) is 0.640. The standard InChI is InChI=1S/C3H3N3O2/c7-3(8)2-4-1-5-6-2/h1H2,(H,7,8). The molecule has 1 aliphatic heterocycles. The number of carboxylic acids is 1. The monoisotopic (exact) mass is 113 g/mol. The maximum atomic E-state index is 9.92. The number of hydrogen-bond acceptors (Lipinski definition) is 4. The summed E-state index contributed by atoms with van der Waals surface area (Å²) in [5, 5.41) is 14.7. The highest BCUT2D eigenvalue weighted by Crippen LogP contribution is 1.92. The zero-order valence-electron chi connectivity index (χ0n) is 3.90. The first-order valence-electron chi connectivity index (χ1n) is 1.96. The second-order valence-corrected chi connectivity index (χ2v) is 1.17. The van der Waals surface area contributed by atoms with Crippen LogP contribution in [0, 0.1) is 0 Å². The molecule has 1 heterocycles. The van der Waals surface area contributed by atoms with Gasteiger partial charge in [-0.3, -0.25) is 0 Å². The minimum absolute atomic E-state index is 0.154. The Morgan fingerprint density at radius 2 is 2.50 bits per heavy atom. The number of amidine groups is 1. The molecule has 0 aromatic rings. The summed E-state index contributed by atoms with van der Waals surface area (Å²) in [7, 11) is 0. The summed E-state index contributed by atoms with van der Waals surface area (Å²) in [5.41, 5.74) is 0. The normalized spacial score (nSPS) is 16.2. The SMILES string of the molecule is O=C(O)C1=NCN=N1. The fourth-order valence-corrected chi connectivity index (χ4v) is 0.339. The lowest BCUT2D eigenvalue weighted by molar-refractivity contribution is -0.129. The molecule has 1 N–H and O–H groups in total. The van der Waals surface area contributed by atoms with Gasteiger partial charge in [0.1, 0.15) is 0 Å². The summed E-state index contributed by atoms with van der Waals surface area (Å²) in [6, 6.07) is 0. The Morgan fingerprint density at radius 1 is 1.75 bits per heavy atom. The number of nitrogens with zero attached hydrogens (tertiary/aromatic N) is 3. The molecule has 0 saturated carbocycles. The fraction of sp³-hybridized carbons (Fsp3) is 0.333. The van der Waals surface area contributed by atoms with Gasteiger partial charge in [0, 0.05) is 0 Å². The first kappa shape index (κ1) is 4.89. The van der Waals surface area contributed by atoms with Gasteiger partial charge in [0.2, 0.25) is 0 Å². The maximum absolute atomic E-state index is 9.92. The lowest BCUT2D eigenvalue weighted by Crippen LogP contribution is -2.06. The predicted molar refractivity (Wildman–Crippen MR) is 24.8 cm³/mol. The Balaban J connectivity index is 2.72. The van der Waals surface area contributed by atoms with E-state index in [2.05, 4.69) is 15.2 Å². The number of aliphatic carboxylic acids is 1. The number of carboxylic acid groups (broad SMARTS) is 1. The molecule has 42 valence electrons. The van der Waals surface area contributed by atoms with Crippen molar-refractivity contribution in [2.24, 2.45) is 15.2 Å². The van der Waals surface area contributed by atoms with Crippen LogP contribution in [0.25, 0.3) is 0 Å².